The third kappa shape index (κ3) is 2.04. The van der Waals surface area contributed by atoms with Crippen LogP contribution in [0.1, 0.15) is 24.3 Å². The molecule has 1 amide bonds. The lowest BCUT2D eigenvalue weighted by Crippen LogP contribution is -2.59. The summed E-state index contributed by atoms with van der Waals surface area (Å²) in [6, 6.07) is 13.5. The second kappa shape index (κ2) is 5.32. The molecule has 2 aromatic heterocycles. The molecule has 2 aliphatic rings. The van der Waals surface area contributed by atoms with E-state index in [2.05, 4.69) is 10.3 Å². The van der Waals surface area contributed by atoms with Crippen LogP contribution in [0, 0.1) is 10.1 Å². The van der Waals surface area contributed by atoms with Gasteiger partial charge in [0.05, 0.1) is 17.5 Å². The second-order valence-electron chi connectivity index (χ2n) is 7.01. The highest BCUT2D eigenvalue weighted by molar-refractivity contribution is 8.03. The summed E-state index contributed by atoms with van der Waals surface area (Å²) in [5.74, 6) is -0.472. The summed E-state index contributed by atoms with van der Waals surface area (Å²) >= 11 is 1.27. The Bertz CT molecular complexity index is 1090. The molecule has 0 aliphatic carbocycles. The minimum atomic E-state index is -1.24. The summed E-state index contributed by atoms with van der Waals surface area (Å²) in [4.78, 5) is 28.1. The van der Waals surface area contributed by atoms with Crippen LogP contribution in [-0.2, 0) is 9.67 Å². The lowest BCUT2D eigenvalue weighted by Gasteiger charge is -2.33. The third-order valence-corrected chi connectivity index (χ3v) is 7.24. The van der Waals surface area contributed by atoms with Crippen molar-refractivity contribution in [2.45, 2.75) is 28.5 Å². The van der Waals surface area contributed by atoms with Gasteiger partial charge in [-0.05, 0) is 31.2 Å². The molecular formula is C19H15N3O4S. The number of para-hydroxylation sites is 1. The molecule has 0 saturated carbocycles. The minimum Gasteiger partial charge on any atom is -0.469 e. The predicted molar refractivity (Wildman–Crippen MR) is 99.8 cm³/mol. The highest BCUT2D eigenvalue weighted by atomic mass is 32.2. The van der Waals surface area contributed by atoms with Gasteiger partial charge in [-0.1, -0.05) is 24.3 Å². The number of benzene rings is 1. The SMILES string of the molecule is CC12SC(c3ccc4ccccc4n3)(NC1=O)C([N+](=O)[O-])C2c1ccco1. The first-order valence-corrected chi connectivity index (χ1v) is 9.33. The number of furan rings is 1. The number of fused-ring (bicyclic) bond motifs is 3. The van der Waals surface area contributed by atoms with Gasteiger partial charge in [0.15, 0.2) is 4.87 Å². The van der Waals surface area contributed by atoms with Crippen LogP contribution in [0.3, 0.4) is 0 Å². The average Bonchev–Trinajstić information content (AvgIpc) is 3.32. The number of nitro groups is 1. The van der Waals surface area contributed by atoms with E-state index in [1.165, 1.54) is 18.0 Å². The van der Waals surface area contributed by atoms with Gasteiger partial charge in [0.25, 0.3) is 6.04 Å². The summed E-state index contributed by atoms with van der Waals surface area (Å²) in [6.07, 6.45) is 1.48. The molecule has 2 fully saturated rings. The molecule has 2 saturated heterocycles. The third-order valence-electron chi connectivity index (χ3n) is 5.50. The molecule has 4 heterocycles. The Morgan fingerprint density at radius 1 is 1.22 bits per heavy atom. The molecule has 5 rings (SSSR count). The van der Waals surface area contributed by atoms with Crippen molar-refractivity contribution in [3.05, 3.63) is 76.4 Å². The van der Waals surface area contributed by atoms with Gasteiger partial charge in [-0.2, -0.15) is 0 Å². The summed E-state index contributed by atoms with van der Waals surface area (Å²) in [5, 5.41) is 16.0. The van der Waals surface area contributed by atoms with Crippen LogP contribution in [0.15, 0.2) is 59.2 Å². The number of aromatic nitrogens is 1. The van der Waals surface area contributed by atoms with Gasteiger partial charge < -0.3 is 9.73 Å². The fraction of sp³-hybridized carbons (Fsp3) is 0.263. The van der Waals surface area contributed by atoms with Gasteiger partial charge >= 0.3 is 0 Å². The molecule has 3 aromatic rings. The molecular weight excluding hydrogens is 366 g/mol. The monoisotopic (exact) mass is 381 g/mol. The standard InChI is InChI=1S/C19H15N3O4S/c1-18-15(13-7-4-10-26-13)16(22(24)25)19(27-18,21-17(18)23)14-9-8-11-5-2-3-6-12(11)20-14/h2-10,15-16H,1H3,(H,21,23). The molecule has 2 bridgehead atoms. The fourth-order valence-corrected chi connectivity index (χ4v) is 6.17. The number of rotatable bonds is 3. The predicted octanol–water partition coefficient (Wildman–Crippen LogP) is 3.05. The largest absolute Gasteiger partial charge is 0.469 e. The zero-order valence-electron chi connectivity index (χ0n) is 14.3. The molecule has 2 aliphatic heterocycles. The Balaban J connectivity index is 1.74. The van der Waals surface area contributed by atoms with Gasteiger partial charge in [0, 0.05) is 10.3 Å². The van der Waals surface area contributed by atoms with Crippen LogP contribution >= 0.6 is 11.8 Å². The van der Waals surface area contributed by atoms with Crippen molar-refractivity contribution >= 4 is 28.6 Å². The summed E-state index contributed by atoms with van der Waals surface area (Å²) in [5.41, 5.74) is 1.22. The van der Waals surface area contributed by atoms with E-state index in [0.717, 1.165) is 10.9 Å². The van der Waals surface area contributed by atoms with Crippen LogP contribution in [0.25, 0.3) is 10.9 Å². The Labute approximate surface area is 158 Å². The van der Waals surface area contributed by atoms with Gasteiger partial charge in [-0.15, -0.1) is 11.8 Å². The van der Waals surface area contributed by atoms with Crippen LogP contribution in [0.4, 0.5) is 0 Å². The smallest absolute Gasteiger partial charge is 0.262 e. The normalized spacial score (nSPS) is 32.0. The van der Waals surface area contributed by atoms with E-state index in [0.29, 0.717) is 11.5 Å². The van der Waals surface area contributed by atoms with E-state index in [4.69, 9.17) is 4.42 Å². The maximum atomic E-state index is 12.8. The number of pyridine rings is 1. The van der Waals surface area contributed by atoms with Crippen molar-refractivity contribution in [3.63, 3.8) is 0 Å². The number of piperidine rings is 1. The number of hydrogen-bond acceptors (Lipinski definition) is 6. The van der Waals surface area contributed by atoms with Gasteiger partial charge in [-0.3, -0.25) is 14.9 Å². The number of amides is 1. The van der Waals surface area contributed by atoms with Crippen molar-refractivity contribution in [1.82, 2.24) is 10.3 Å². The Morgan fingerprint density at radius 2 is 2.04 bits per heavy atom. The molecule has 1 N–H and O–H groups in total. The van der Waals surface area contributed by atoms with Crippen molar-refractivity contribution in [2.75, 3.05) is 0 Å². The first-order valence-electron chi connectivity index (χ1n) is 8.52. The van der Waals surface area contributed by atoms with Crippen molar-refractivity contribution in [3.8, 4) is 0 Å². The van der Waals surface area contributed by atoms with E-state index in [-0.39, 0.29) is 10.8 Å². The zero-order valence-corrected chi connectivity index (χ0v) is 15.1. The fourth-order valence-electron chi connectivity index (χ4n) is 4.28. The van der Waals surface area contributed by atoms with Crippen LogP contribution in [-0.4, -0.2) is 26.6 Å². The van der Waals surface area contributed by atoms with Crippen molar-refractivity contribution in [2.24, 2.45) is 0 Å². The number of nitrogens with zero attached hydrogens (tertiary/aromatic N) is 2. The van der Waals surface area contributed by atoms with Gasteiger partial charge in [0.1, 0.15) is 16.4 Å². The molecule has 8 heteroatoms. The molecule has 7 nitrogen and oxygen atoms in total. The summed E-state index contributed by atoms with van der Waals surface area (Å²) in [7, 11) is 0. The molecule has 0 radical (unpaired) electrons. The molecule has 0 spiro atoms. The van der Waals surface area contributed by atoms with E-state index in [9.17, 15) is 14.9 Å². The lowest BCUT2D eigenvalue weighted by molar-refractivity contribution is -0.535. The van der Waals surface area contributed by atoms with E-state index < -0.39 is 21.6 Å². The molecule has 1 aromatic carbocycles. The number of carbonyl (C=O) groups is 1. The second-order valence-corrected chi connectivity index (χ2v) is 8.71. The molecule has 136 valence electrons. The number of hydrogen-bond donors (Lipinski definition) is 1. The quantitative estimate of drug-likeness (QED) is 0.553. The highest BCUT2D eigenvalue weighted by Crippen LogP contribution is 2.65. The minimum absolute atomic E-state index is 0.234. The topological polar surface area (TPSA) is 98.3 Å². The number of thioether (sulfide) groups is 1. The first kappa shape index (κ1) is 16.3. The Kier molecular flexibility index (Phi) is 3.22. The molecule has 4 unspecified atom stereocenters. The molecule has 4 atom stereocenters. The maximum Gasteiger partial charge on any atom is 0.262 e. The zero-order chi connectivity index (χ0) is 18.8. The van der Waals surface area contributed by atoms with E-state index >= 15 is 0 Å². The Hall–Kier alpha value is -2.87. The lowest BCUT2D eigenvalue weighted by atomic mass is 9.77. The van der Waals surface area contributed by atoms with Crippen molar-refractivity contribution < 1.29 is 14.1 Å². The highest BCUT2D eigenvalue weighted by Gasteiger charge is 2.77. The van der Waals surface area contributed by atoms with E-state index in [1.54, 1.807) is 25.1 Å². The average molecular weight is 381 g/mol. The maximum absolute atomic E-state index is 12.8. The van der Waals surface area contributed by atoms with Crippen LogP contribution < -0.4 is 5.32 Å². The van der Waals surface area contributed by atoms with Crippen LogP contribution in [0.2, 0.25) is 0 Å². The summed E-state index contributed by atoms with van der Waals surface area (Å²) < 4.78 is 4.49. The van der Waals surface area contributed by atoms with Gasteiger partial charge in [-0.25, -0.2) is 4.98 Å². The first-order chi connectivity index (χ1) is 13.0. The van der Waals surface area contributed by atoms with E-state index in [1.807, 2.05) is 30.3 Å². The molecule has 27 heavy (non-hydrogen) atoms. The Morgan fingerprint density at radius 3 is 2.78 bits per heavy atom. The summed E-state index contributed by atoms with van der Waals surface area (Å²) in [6.45, 7) is 1.74. The number of nitrogens with one attached hydrogen (secondary N) is 1. The van der Waals surface area contributed by atoms with Crippen molar-refractivity contribution in [1.29, 1.82) is 0 Å². The van der Waals surface area contributed by atoms with Crippen LogP contribution in [0.5, 0.6) is 0 Å². The van der Waals surface area contributed by atoms with Gasteiger partial charge in [0.2, 0.25) is 5.91 Å². The number of carbonyl (C=O) groups excluding carboxylic acids is 1.